The van der Waals surface area contributed by atoms with Crippen LogP contribution in [0.3, 0.4) is 0 Å². The van der Waals surface area contributed by atoms with Gasteiger partial charge < -0.3 is 9.64 Å². The number of rotatable bonds is 2. The summed E-state index contributed by atoms with van der Waals surface area (Å²) < 4.78 is 28.6. The van der Waals surface area contributed by atoms with E-state index in [2.05, 4.69) is 6.07 Å². The molecule has 1 amide bonds. The second-order valence-electron chi connectivity index (χ2n) is 6.45. The van der Waals surface area contributed by atoms with Gasteiger partial charge in [0.05, 0.1) is 18.1 Å². The van der Waals surface area contributed by atoms with Gasteiger partial charge in [-0.2, -0.15) is 0 Å². The van der Waals surface area contributed by atoms with Crippen molar-refractivity contribution < 1.29 is 17.9 Å². The average Bonchev–Trinajstić information content (AvgIpc) is 3.09. The summed E-state index contributed by atoms with van der Waals surface area (Å²) in [7, 11) is -2.99. The number of carbonyl (C=O) groups is 1. The maximum absolute atomic E-state index is 12.7. The highest BCUT2D eigenvalue weighted by Gasteiger charge is 2.25. The Bertz CT molecular complexity index is 922. The molecule has 0 spiro atoms. The van der Waals surface area contributed by atoms with Crippen molar-refractivity contribution in [2.24, 2.45) is 0 Å². The Hall–Kier alpha value is -2.34. The summed E-state index contributed by atoms with van der Waals surface area (Å²) in [5.41, 5.74) is 3.81. The molecule has 0 unspecified atom stereocenters. The molecule has 2 aliphatic rings. The average molecular weight is 357 g/mol. The second kappa shape index (κ2) is 6.19. The van der Waals surface area contributed by atoms with E-state index >= 15 is 0 Å². The zero-order chi connectivity index (χ0) is 17.4. The predicted octanol–water partition coefficient (Wildman–Crippen LogP) is 2.16. The van der Waals surface area contributed by atoms with Gasteiger partial charge in [-0.25, -0.2) is 8.42 Å². The van der Waals surface area contributed by atoms with E-state index in [-0.39, 0.29) is 30.5 Å². The third kappa shape index (κ3) is 3.26. The van der Waals surface area contributed by atoms with Crippen LogP contribution < -0.4 is 4.74 Å². The van der Waals surface area contributed by atoms with Crippen LogP contribution in [0.2, 0.25) is 0 Å². The van der Waals surface area contributed by atoms with Gasteiger partial charge in [0.25, 0.3) is 5.91 Å². The molecule has 4 rings (SSSR count). The van der Waals surface area contributed by atoms with Gasteiger partial charge in [0, 0.05) is 25.1 Å². The Kier molecular flexibility index (Phi) is 4.00. The van der Waals surface area contributed by atoms with Crippen LogP contribution in [0, 0.1) is 0 Å². The Labute approximate surface area is 147 Å². The quantitative estimate of drug-likeness (QED) is 0.826. The lowest BCUT2D eigenvalue weighted by Crippen LogP contribution is -2.43. The highest BCUT2D eigenvalue weighted by atomic mass is 32.2. The molecule has 0 aliphatic carbocycles. The fourth-order valence-corrected chi connectivity index (χ4v) is 4.50. The molecule has 0 radical (unpaired) electrons. The molecule has 2 aromatic carbocycles. The van der Waals surface area contributed by atoms with Crippen LogP contribution in [-0.2, 0) is 16.3 Å². The van der Waals surface area contributed by atoms with E-state index in [1.54, 1.807) is 11.0 Å². The lowest BCUT2D eigenvalue weighted by atomic mass is 10.00. The van der Waals surface area contributed by atoms with E-state index in [9.17, 15) is 13.2 Å². The maximum atomic E-state index is 12.7. The van der Waals surface area contributed by atoms with Gasteiger partial charge in [-0.15, -0.1) is 0 Å². The van der Waals surface area contributed by atoms with Gasteiger partial charge in [0.1, 0.15) is 5.75 Å². The summed E-state index contributed by atoms with van der Waals surface area (Å²) in [5, 5.41) is 0. The van der Waals surface area contributed by atoms with E-state index in [0.29, 0.717) is 5.56 Å². The second-order valence-corrected chi connectivity index (χ2v) is 8.75. The number of nitrogens with zero attached hydrogens (tertiary/aromatic N) is 1. The van der Waals surface area contributed by atoms with Gasteiger partial charge in [0.2, 0.25) is 0 Å². The van der Waals surface area contributed by atoms with Crippen molar-refractivity contribution in [1.82, 2.24) is 4.90 Å². The van der Waals surface area contributed by atoms with Crippen LogP contribution in [0.25, 0.3) is 11.1 Å². The maximum Gasteiger partial charge on any atom is 0.253 e. The molecular formula is C19H19NO4S. The number of hydrogen-bond donors (Lipinski definition) is 0. The normalized spacial score (nSPS) is 18.5. The van der Waals surface area contributed by atoms with Crippen molar-refractivity contribution in [3.63, 3.8) is 0 Å². The lowest BCUT2D eigenvalue weighted by molar-refractivity contribution is 0.0770. The fraction of sp³-hybridized carbons (Fsp3) is 0.316. The molecule has 0 aromatic heterocycles. The van der Waals surface area contributed by atoms with Gasteiger partial charge in [0.15, 0.2) is 9.84 Å². The largest absolute Gasteiger partial charge is 0.493 e. The standard InChI is InChI=1S/C19H19NO4S/c21-19(20-7-10-25(22,23)11-8-20)17-3-1-2-14(13-17)15-4-5-18-16(12-15)6-9-24-18/h1-5,12-13H,6-11H2. The Morgan fingerprint density at radius 3 is 2.56 bits per heavy atom. The van der Waals surface area contributed by atoms with Crippen molar-refractivity contribution in [1.29, 1.82) is 0 Å². The number of amides is 1. The van der Waals surface area contributed by atoms with Crippen LogP contribution in [0.1, 0.15) is 15.9 Å². The number of ether oxygens (including phenoxy) is 1. The molecule has 2 heterocycles. The summed E-state index contributed by atoms with van der Waals surface area (Å²) in [6.45, 7) is 1.25. The summed E-state index contributed by atoms with van der Waals surface area (Å²) in [5.74, 6) is 0.915. The Morgan fingerprint density at radius 1 is 1.00 bits per heavy atom. The minimum absolute atomic E-state index is 0.0449. The van der Waals surface area contributed by atoms with Crippen LogP contribution >= 0.6 is 0 Å². The van der Waals surface area contributed by atoms with Crippen molar-refractivity contribution in [2.45, 2.75) is 6.42 Å². The monoisotopic (exact) mass is 357 g/mol. The zero-order valence-corrected chi connectivity index (χ0v) is 14.6. The molecule has 6 heteroatoms. The number of fused-ring (bicyclic) bond motifs is 1. The zero-order valence-electron chi connectivity index (χ0n) is 13.8. The van der Waals surface area contributed by atoms with E-state index in [4.69, 9.17) is 4.74 Å². The first-order valence-electron chi connectivity index (χ1n) is 8.38. The minimum Gasteiger partial charge on any atom is -0.493 e. The van der Waals surface area contributed by atoms with Crippen molar-refractivity contribution >= 4 is 15.7 Å². The fourth-order valence-electron chi connectivity index (χ4n) is 3.30. The number of carbonyl (C=O) groups excluding carboxylic acids is 1. The number of benzene rings is 2. The molecule has 2 aromatic rings. The molecule has 2 aliphatic heterocycles. The van der Waals surface area contributed by atoms with Gasteiger partial charge in [-0.3, -0.25) is 4.79 Å². The van der Waals surface area contributed by atoms with Crippen molar-refractivity contribution in [2.75, 3.05) is 31.2 Å². The highest BCUT2D eigenvalue weighted by molar-refractivity contribution is 7.91. The number of sulfone groups is 1. The van der Waals surface area contributed by atoms with Crippen molar-refractivity contribution in [3.8, 4) is 16.9 Å². The predicted molar refractivity (Wildman–Crippen MR) is 95.6 cm³/mol. The van der Waals surface area contributed by atoms with E-state index in [1.165, 1.54) is 5.56 Å². The lowest BCUT2D eigenvalue weighted by Gasteiger charge is -2.26. The third-order valence-electron chi connectivity index (χ3n) is 4.76. The van der Waals surface area contributed by atoms with Crippen molar-refractivity contribution in [3.05, 3.63) is 53.6 Å². The summed E-state index contributed by atoms with van der Waals surface area (Å²) in [4.78, 5) is 14.3. The molecule has 5 nitrogen and oxygen atoms in total. The third-order valence-corrected chi connectivity index (χ3v) is 6.37. The smallest absolute Gasteiger partial charge is 0.253 e. The SMILES string of the molecule is O=C(c1cccc(-c2ccc3c(c2)CCO3)c1)N1CCS(=O)(=O)CC1. The molecule has 0 atom stereocenters. The first-order chi connectivity index (χ1) is 12.0. The topological polar surface area (TPSA) is 63.7 Å². The van der Waals surface area contributed by atoms with Gasteiger partial charge in [-0.05, 0) is 41.0 Å². The molecule has 0 bridgehead atoms. The Morgan fingerprint density at radius 2 is 1.76 bits per heavy atom. The molecule has 25 heavy (non-hydrogen) atoms. The minimum atomic E-state index is -2.99. The van der Waals surface area contributed by atoms with Crippen LogP contribution in [-0.4, -0.2) is 50.4 Å². The summed E-state index contributed by atoms with van der Waals surface area (Å²) in [6.07, 6.45) is 0.907. The first kappa shape index (κ1) is 16.1. The van der Waals surface area contributed by atoms with Gasteiger partial charge in [-0.1, -0.05) is 18.2 Å². The van der Waals surface area contributed by atoms with Crippen LogP contribution in [0.4, 0.5) is 0 Å². The molecule has 130 valence electrons. The van der Waals surface area contributed by atoms with Gasteiger partial charge >= 0.3 is 0 Å². The highest BCUT2D eigenvalue weighted by Crippen LogP contribution is 2.31. The molecular weight excluding hydrogens is 338 g/mol. The first-order valence-corrected chi connectivity index (χ1v) is 10.2. The number of hydrogen-bond acceptors (Lipinski definition) is 4. The van der Waals surface area contributed by atoms with E-state index < -0.39 is 9.84 Å². The van der Waals surface area contributed by atoms with Crippen LogP contribution in [0.15, 0.2) is 42.5 Å². The van der Waals surface area contributed by atoms with E-state index in [1.807, 2.05) is 30.3 Å². The summed E-state index contributed by atoms with van der Waals surface area (Å²) in [6, 6.07) is 13.6. The molecule has 1 fully saturated rings. The Balaban J connectivity index is 1.58. The molecule has 0 saturated carbocycles. The van der Waals surface area contributed by atoms with Crippen LogP contribution in [0.5, 0.6) is 5.75 Å². The van der Waals surface area contributed by atoms with E-state index in [0.717, 1.165) is 29.9 Å². The summed E-state index contributed by atoms with van der Waals surface area (Å²) >= 11 is 0. The molecule has 1 saturated heterocycles. The molecule has 0 N–H and O–H groups in total.